The van der Waals surface area contributed by atoms with Gasteiger partial charge in [-0.1, -0.05) is 12.1 Å². The van der Waals surface area contributed by atoms with Crippen molar-refractivity contribution in [3.8, 4) is 5.75 Å². The summed E-state index contributed by atoms with van der Waals surface area (Å²) in [6, 6.07) is 7.25. The Labute approximate surface area is 120 Å². The van der Waals surface area contributed by atoms with E-state index in [0.29, 0.717) is 12.3 Å². The molecule has 0 spiro atoms. The van der Waals surface area contributed by atoms with E-state index < -0.39 is 6.10 Å². The summed E-state index contributed by atoms with van der Waals surface area (Å²) in [5.74, 6) is 0.613. The number of benzene rings is 1. The number of rotatable bonds is 6. The third-order valence-corrected chi connectivity index (χ3v) is 2.62. The van der Waals surface area contributed by atoms with E-state index in [4.69, 9.17) is 4.74 Å². The van der Waals surface area contributed by atoms with Gasteiger partial charge in [-0.2, -0.15) is 0 Å². The van der Waals surface area contributed by atoms with Gasteiger partial charge >= 0.3 is 0 Å². The van der Waals surface area contributed by atoms with E-state index in [2.05, 4.69) is 10.6 Å². The Balaban J connectivity index is 2.39. The Hall–Kier alpha value is -1.59. The number of hydrogen-bond acceptors (Lipinski definition) is 4. The predicted octanol–water partition coefficient (Wildman–Crippen LogP) is 1.23. The third kappa shape index (κ3) is 6.04. The maximum absolute atomic E-state index is 11.6. The van der Waals surface area contributed by atoms with Crippen molar-refractivity contribution in [3.05, 3.63) is 29.8 Å². The number of methoxy groups -OCH3 is 1. The van der Waals surface area contributed by atoms with Gasteiger partial charge < -0.3 is 20.5 Å². The largest absolute Gasteiger partial charge is 0.497 e. The molecule has 1 aromatic rings. The van der Waals surface area contributed by atoms with E-state index in [9.17, 15) is 9.90 Å². The third-order valence-electron chi connectivity index (χ3n) is 2.62. The van der Waals surface area contributed by atoms with Crippen LogP contribution in [0.25, 0.3) is 0 Å². The number of carbonyl (C=O) groups is 1. The van der Waals surface area contributed by atoms with E-state index >= 15 is 0 Å². The van der Waals surface area contributed by atoms with Crippen LogP contribution in [0.5, 0.6) is 5.75 Å². The summed E-state index contributed by atoms with van der Waals surface area (Å²) in [4.78, 5) is 11.6. The first-order chi connectivity index (χ1) is 9.31. The van der Waals surface area contributed by atoms with Gasteiger partial charge in [0.1, 0.15) is 5.75 Å². The van der Waals surface area contributed by atoms with Crippen LogP contribution in [0.15, 0.2) is 24.3 Å². The number of ether oxygens (including phenoxy) is 1. The number of carbonyl (C=O) groups excluding carboxylic acids is 1. The first-order valence-electron chi connectivity index (χ1n) is 6.65. The summed E-state index contributed by atoms with van der Waals surface area (Å²) < 4.78 is 5.11. The van der Waals surface area contributed by atoms with Gasteiger partial charge in [-0.05, 0) is 38.5 Å². The van der Waals surface area contributed by atoms with Gasteiger partial charge in [0.2, 0.25) is 5.91 Å². The van der Waals surface area contributed by atoms with E-state index in [0.717, 1.165) is 5.56 Å². The number of amides is 1. The molecule has 112 valence electrons. The second-order valence-corrected chi connectivity index (χ2v) is 5.72. The Bertz CT molecular complexity index is 441. The van der Waals surface area contributed by atoms with Crippen molar-refractivity contribution in [1.82, 2.24) is 10.6 Å². The molecule has 5 heteroatoms. The monoisotopic (exact) mass is 280 g/mol. The lowest BCUT2D eigenvalue weighted by molar-refractivity contribution is -0.121. The van der Waals surface area contributed by atoms with Gasteiger partial charge in [-0.15, -0.1) is 0 Å². The molecule has 0 aromatic heterocycles. The zero-order valence-corrected chi connectivity index (χ0v) is 12.6. The van der Waals surface area contributed by atoms with Gasteiger partial charge in [-0.25, -0.2) is 0 Å². The fraction of sp³-hybridized carbons (Fsp3) is 0.533. The molecule has 0 fully saturated rings. The summed E-state index contributed by atoms with van der Waals surface area (Å²) in [5, 5.41) is 15.8. The van der Waals surface area contributed by atoms with Crippen LogP contribution in [0, 0.1) is 0 Å². The molecule has 0 saturated heterocycles. The second-order valence-electron chi connectivity index (χ2n) is 5.72. The average Bonchev–Trinajstić information content (AvgIpc) is 2.36. The van der Waals surface area contributed by atoms with Crippen molar-refractivity contribution in [2.24, 2.45) is 0 Å². The van der Waals surface area contributed by atoms with Gasteiger partial charge in [0.15, 0.2) is 0 Å². The van der Waals surface area contributed by atoms with Gasteiger partial charge in [-0.3, -0.25) is 4.79 Å². The minimum atomic E-state index is -0.674. The summed E-state index contributed by atoms with van der Waals surface area (Å²) in [7, 11) is 1.58. The minimum Gasteiger partial charge on any atom is -0.497 e. The summed E-state index contributed by atoms with van der Waals surface area (Å²) in [5.41, 5.74) is 0.512. The molecule has 1 rings (SSSR count). The SMILES string of the molecule is COc1cccc(C(O)CNCC(=O)NC(C)(C)C)c1. The standard InChI is InChI=1S/C15H24N2O3/c1-15(2,3)17-14(19)10-16-9-13(18)11-6-5-7-12(8-11)20-4/h5-8,13,16,18H,9-10H2,1-4H3,(H,17,19). The lowest BCUT2D eigenvalue weighted by Gasteiger charge is -2.21. The van der Waals surface area contributed by atoms with Crippen molar-refractivity contribution < 1.29 is 14.6 Å². The highest BCUT2D eigenvalue weighted by Gasteiger charge is 2.14. The van der Waals surface area contributed by atoms with E-state index in [1.165, 1.54) is 0 Å². The van der Waals surface area contributed by atoms with Crippen molar-refractivity contribution in [3.63, 3.8) is 0 Å². The van der Waals surface area contributed by atoms with Crippen LogP contribution in [0.3, 0.4) is 0 Å². The molecule has 0 aliphatic rings. The minimum absolute atomic E-state index is 0.0876. The Morgan fingerprint density at radius 2 is 2.10 bits per heavy atom. The Morgan fingerprint density at radius 3 is 2.70 bits per heavy atom. The van der Waals surface area contributed by atoms with Crippen LogP contribution in [0.1, 0.15) is 32.4 Å². The van der Waals surface area contributed by atoms with E-state index in [1.807, 2.05) is 39.0 Å². The molecule has 1 aromatic carbocycles. The second kappa shape index (κ2) is 7.26. The molecule has 1 atom stereocenters. The number of aliphatic hydroxyl groups is 1. The Kier molecular flexibility index (Phi) is 5.98. The van der Waals surface area contributed by atoms with Crippen LogP contribution >= 0.6 is 0 Å². The maximum Gasteiger partial charge on any atom is 0.234 e. The first-order valence-corrected chi connectivity index (χ1v) is 6.65. The molecule has 0 saturated carbocycles. The molecule has 0 aliphatic heterocycles. The quantitative estimate of drug-likeness (QED) is 0.733. The van der Waals surface area contributed by atoms with Gasteiger partial charge in [0.05, 0.1) is 19.8 Å². The highest BCUT2D eigenvalue weighted by atomic mass is 16.5. The van der Waals surface area contributed by atoms with Crippen LogP contribution in [-0.4, -0.2) is 36.8 Å². The average molecular weight is 280 g/mol. The van der Waals surface area contributed by atoms with Crippen molar-refractivity contribution >= 4 is 5.91 Å². The van der Waals surface area contributed by atoms with Crippen LogP contribution in [0.2, 0.25) is 0 Å². The molecule has 0 bridgehead atoms. The molecule has 0 heterocycles. The molecular formula is C15H24N2O3. The molecule has 1 amide bonds. The lowest BCUT2D eigenvalue weighted by atomic mass is 10.1. The van der Waals surface area contributed by atoms with Crippen LogP contribution in [-0.2, 0) is 4.79 Å². The van der Waals surface area contributed by atoms with E-state index in [-0.39, 0.29) is 18.0 Å². The first kappa shape index (κ1) is 16.5. The smallest absolute Gasteiger partial charge is 0.234 e. The molecule has 0 aliphatic carbocycles. The molecule has 1 unspecified atom stereocenters. The predicted molar refractivity (Wildman–Crippen MR) is 78.7 cm³/mol. The molecule has 20 heavy (non-hydrogen) atoms. The van der Waals surface area contributed by atoms with Crippen LogP contribution in [0.4, 0.5) is 0 Å². The van der Waals surface area contributed by atoms with Gasteiger partial charge in [0, 0.05) is 12.1 Å². The Morgan fingerprint density at radius 1 is 1.40 bits per heavy atom. The number of hydrogen-bond donors (Lipinski definition) is 3. The van der Waals surface area contributed by atoms with Gasteiger partial charge in [0.25, 0.3) is 0 Å². The van der Waals surface area contributed by atoms with Crippen molar-refractivity contribution in [1.29, 1.82) is 0 Å². The highest BCUT2D eigenvalue weighted by molar-refractivity contribution is 5.78. The molecular weight excluding hydrogens is 256 g/mol. The zero-order chi connectivity index (χ0) is 15.2. The lowest BCUT2D eigenvalue weighted by Crippen LogP contribution is -2.45. The zero-order valence-electron chi connectivity index (χ0n) is 12.6. The fourth-order valence-corrected chi connectivity index (χ4v) is 1.75. The number of nitrogens with one attached hydrogen (secondary N) is 2. The maximum atomic E-state index is 11.6. The molecule has 0 radical (unpaired) electrons. The normalized spacial score (nSPS) is 12.8. The summed E-state index contributed by atoms with van der Waals surface area (Å²) in [6.45, 7) is 6.27. The molecule has 5 nitrogen and oxygen atoms in total. The highest BCUT2D eigenvalue weighted by Crippen LogP contribution is 2.18. The topological polar surface area (TPSA) is 70.6 Å². The van der Waals surface area contributed by atoms with Crippen molar-refractivity contribution in [2.45, 2.75) is 32.4 Å². The van der Waals surface area contributed by atoms with E-state index in [1.54, 1.807) is 13.2 Å². The fourth-order valence-electron chi connectivity index (χ4n) is 1.75. The van der Waals surface area contributed by atoms with Crippen LogP contribution < -0.4 is 15.4 Å². The number of aliphatic hydroxyl groups excluding tert-OH is 1. The molecule has 3 N–H and O–H groups in total. The van der Waals surface area contributed by atoms with Crippen molar-refractivity contribution in [2.75, 3.05) is 20.2 Å². The summed E-state index contributed by atoms with van der Waals surface area (Å²) >= 11 is 0. The summed E-state index contributed by atoms with van der Waals surface area (Å²) in [6.07, 6.45) is -0.674.